The molecule has 0 aliphatic carbocycles. The lowest BCUT2D eigenvalue weighted by Crippen LogP contribution is -2.28. The molecule has 0 aliphatic heterocycles. The maximum absolute atomic E-state index is 11.9. The van der Waals surface area contributed by atoms with Crippen LogP contribution in [0, 0.1) is 6.92 Å². The zero-order valence-electron chi connectivity index (χ0n) is 10.7. The third-order valence-corrected chi connectivity index (χ3v) is 3.36. The number of rotatable bonds is 3. The van der Waals surface area contributed by atoms with Gasteiger partial charge in [0.25, 0.3) is 5.56 Å². The number of aryl methyl sites for hydroxylation is 1. The Labute approximate surface area is 129 Å². The molecule has 0 saturated heterocycles. The second-order valence-electron chi connectivity index (χ2n) is 4.33. The number of carbonyl (C=O) groups excluding carboxylic acids is 1. The van der Waals surface area contributed by atoms with Crippen LogP contribution >= 0.6 is 27.5 Å². The molecule has 0 saturated carbocycles. The fraction of sp³-hybridized carbons (Fsp3) is 0.143. The van der Waals surface area contributed by atoms with Gasteiger partial charge in [-0.05, 0) is 53.2 Å². The van der Waals surface area contributed by atoms with E-state index in [9.17, 15) is 9.59 Å². The predicted octanol–water partition coefficient (Wildman–Crippen LogP) is 3.21. The van der Waals surface area contributed by atoms with Gasteiger partial charge < -0.3 is 9.88 Å². The first-order valence-corrected chi connectivity index (χ1v) is 7.05. The normalized spacial score (nSPS) is 10.3. The summed E-state index contributed by atoms with van der Waals surface area (Å²) in [6.07, 6.45) is 1.59. The van der Waals surface area contributed by atoms with Crippen molar-refractivity contribution < 1.29 is 4.79 Å². The van der Waals surface area contributed by atoms with E-state index >= 15 is 0 Å². The van der Waals surface area contributed by atoms with Gasteiger partial charge in [0.1, 0.15) is 6.54 Å². The van der Waals surface area contributed by atoms with Crippen LogP contribution in [-0.4, -0.2) is 10.5 Å². The number of nitrogens with one attached hydrogen (secondary N) is 1. The van der Waals surface area contributed by atoms with E-state index in [1.165, 1.54) is 4.57 Å². The first kappa shape index (κ1) is 14.8. The summed E-state index contributed by atoms with van der Waals surface area (Å²) in [5, 5.41) is 3.31. The van der Waals surface area contributed by atoms with Gasteiger partial charge in [0.15, 0.2) is 0 Å². The number of aromatic nitrogens is 1. The van der Waals surface area contributed by atoms with E-state index in [1.807, 2.05) is 0 Å². The van der Waals surface area contributed by atoms with Gasteiger partial charge in [0, 0.05) is 26.9 Å². The molecule has 1 N–H and O–H groups in total. The number of pyridine rings is 1. The van der Waals surface area contributed by atoms with Crippen molar-refractivity contribution in [1.82, 2.24) is 4.57 Å². The lowest BCUT2D eigenvalue weighted by Gasteiger charge is -2.09. The predicted molar refractivity (Wildman–Crippen MR) is 83.2 cm³/mol. The highest BCUT2D eigenvalue weighted by atomic mass is 79.9. The minimum atomic E-state index is -0.271. The van der Waals surface area contributed by atoms with Crippen LogP contribution in [0.2, 0.25) is 5.02 Å². The first-order chi connectivity index (χ1) is 9.45. The second kappa shape index (κ2) is 6.24. The van der Waals surface area contributed by atoms with Crippen molar-refractivity contribution in [3.8, 4) is 0 Å². The smallest absolute Gasteiger partial charge is 0.253 e. The Hall–Kier alpha value is -1.59. The molecular weight excluding hydrogens is 344 g/mol. The summed E-state index contributed by atoms with van der Waals surface area (Å²) in [7, 11) is 0. The van der Waals surface area contributed by atoms with Crippen LogP contribution < -0.4 is 10.9 Å². The maximum Gasteiger partial charge on any atom is 0.253 e. The Balaban J connectivity index is 2.12. The molecule has 4 nitrogen and oxygen atoms in total. The number of benzene rings is 1. The molecule has 20 heavy (non-hydrogen) atoms. The van der Waals surface area contributed by atoms with Gasteiger partial charge in [-0.15, -0.1) is 0 Å². The number of nitrogens with zero attached hydrogens (tertiary/aromatic N) is 1. The first-order valence-electron chi connectivity index (χ1n) is 5.88. The topological polar surface area (TPSA) is 51.1 Å². The van der Waals surface area contributed by atoms with Crippen LogP contribution in [-0.2, 0) is 11.3 Å². The fourth-order valence-corrected chi connectivity index (χ4v) is 2.46. The van der Waals surface area contributed by atoms with E-state index in [0.29, 0.717) is 16.3 Å². The summed E-state index contributed by atoms with van der Waals surface area (Å²) in [6.45, 7) is 1.67. The summed E-state index contributed by atoms with van der Waals surface area (Å²) in [6, 6.07) is 8.50. The van der Waals surface area contributed by atoms with E-state index in [2.05, 4.69) is 21.2 Å². The van der Waals surface area contributed by atoms with Gasteiger partial charge in [0.2, 0.25) is 5.91 Å². The third-order valence-electron chi connectivity index (χ3n) is 2.67. The highest BCUT2D eigenvalue weighted by molar-refractivity contribution is 9.10. The van der Waals surface area contributed by atoms with Gasteiger partial charge in [-0.25, -0.2) is 0 Å². The SMILES string of the molecule is Cc1cc(Br)cn(CC(=O)Nc2ccc(Cl)cc2)c1=O. The van der Waals surface area contributed by atoms with Crippen molar-refractivity contribution in [1.29, 1.82) is 0 Å². The monoisotopic (exact) mass is 354 g/mol. The molecule has 104 valence electrons. The van der Waals surface area contributed by atoms with Crippen LogP contribution in [0.3, 0.4) is 0 Å². The van der Waals surface area contributed by atoms with Crippen molar-refractivity contribution in [3.05, 3.63) is 61.9 Å². The maximum atomic E-state index is 11.9. The van der Waals surface area contributed by atoms with Crippen molar-refractivity contribution >= 4 is 39.1 Å². The highest BCUT2D eigenvalue weighted by Crippen LogP contribution is 2.13. The number of hydrogen-bond acceptors (Lipinski definition) is 2. The van der Waals surface area contributed by atoms with Crippen molar-refractivity contribution in [2.24, 2.45) is 0 Å². The summed E-state index contributed by atoms with van der Waals surface area (Å²) in [5.41, 5.74) is 1.04. The molecule has 2 rings (SSSR count). The molecule has 0 fully saturated rings. The van der Waals surface area contributed by atoms with Crippen molar-refractivity contribution in [3.63, 3.8) is 0 Å². The number of carbonyl (C=O) groups is 1. The Morgan fingerprint density at radius 2 is 2.00 bits per heavy atom. The van der Waals surface area contributed by atoms with Gasteiger partial charge in [-0.1, -0.05) is 11.6 Å². The summed E-state index contributed by atoms with van der Waals surface area (Å²) < 4.78 is 2.12. The van der Waals surface area contributed by atoms with Crippen LogP contribution in [0.15, 0.2) is 45.8 Å². The lowest BCUT2D eigenvalue weighted by molar-refractivity contribution is -0.116. The fourth-order valence-electron chi connectivity index (χ4n) is 1.75. The standard InChI is InChI=1S/C14H12BrClN2O2/c1-9-6-10(15)7-18(14(9)20)8-13(19)17-12-4-2-11(16)3-5-12/h2-7H,8H2,1H3,(H,17,19). The number of hydrogen-bond donors (Lipinski definition) is 1. The summed E-state index contributed by atoms with van der Waals surface area (Å²) in [4.78, 5) is 23.8. The molecule has 0 spiro atoms. The van der Waals surface area contributed by atoms with Crippen molar-refractivity contribution in [2.75, 3.05) is 5.32 Å². The van der Waals surface area contributed by atoms with Gasteiger partial charge in [-0.3, -0.25) is 9.59 Å². The molecule has 0 bridgehead atoms. The zero-order valence-corrected chi connectivity index (χ0v) is 13.0. The minimum Gasteiger partial charge on any atom is -0.325 e. The molecule has 6 heteroatoms. The summed E-state index contributed by atoms with van der Waals surface area (Å²) in [5.74, 6) is -0.271. The third kappa shape index (κ3) is 3.71. The second-order valence-corrected chi connectivity index (χ2v) is 5.68. The molecule has 0 radical (unpaired) electrons. The number of anilines is 1. The average molecular weight is 356 g/mol. The molecule has 1 heterocycles. The zero-order chi connectivity index (χ0) is 14.7. The van der Waals surface area contributed by atoms with Crippen LogP contribution in [0.5, 0.6) is 0 Å². The number of amides is 1. The Kier molecular flexibility index (Phi) is 4.62. The molecule has 0 aliphatic rings. The molecule has 1 aromatic heterocycles. The molecule has 0 unspecified atom stereocenters. The van der Waals surface area contributed by atoms with E-state index in [-0.39, 0.29) is 18.0 Å². The van der Waals surface area contributed by atoms with E-state index < -0.39 is 0 Å². The number of halogens is 2. The molecule has 1 aromatic carbocycles. The Bertz CT molecular complexity index is 695. The molecule has 0 atom stereocenters. The van der Waals surface area contributed by atoms with E-state index in [1.54, 1.807) is 43.5 Å². The summed E-state index contributed by atoms with van der Waals surface area (Å²) >= 11 is 9.08. The van der Waals surface area contributed by atoms with Crippen LogP contribution in [0.1, 0.15) is 5.56 Å². The van der Waals surface area contributed by atoms with E-state index in [0.717, 1.165) is 4.47 Å². The Morgan fingerprint density at radius 3 is 2.65 bits per heavy atom. The molecule has 1 amide bonds. The van der Waals surface area contributed by atoms with Gasteiger partial charge >= 0.3 is 0 Å². The molecule has 2 aromatic rings. The van der Waals surface area contributed by atoms with E-state index in [4.69, 9.17) is 11.6 Å². The largest absolute Gasteiger partial charge is 0.325 e. The van der Waals surface area contributed by atoms with Crippen molar-refractivity contribution in [2.45, 2.75) is 13.5 Å². The minimum absolute atomic E-state index is 0.0399. The average Bonchev–Trinajstić information content (AvgIpc) is 2.38. The van der Waals surface area contributed by atoms with Crippen LogP contribution in [0.4, 0.5) is 5.69 Å². The van der Waals surface area contributed by atoms with Crippen LogP contribution in [0.25, 0.3) is 0 Å². The highest BCUT2D eigenvalue weighted by Gasteiger charge is 2.07. The van der Waals surface area contributed by atoms with Gasteiger partial charge in [-0.2, -0.15) is 0 Å². The van der Waals surface area contributed by atoms with Gasteiger partial charge in [0.05, 0.1) is 0 Å². The Morgan fingerprint density at radius 1 is 1.35 bits per heavy atom. The molecular formula is C14H12BrClN2O2. The quantitative estimate of drug-likeness (QED) is 0.919. The lowest BCUT2D eigenvalue weighted by atomic mass is 10.3.